The van der Waals surface area contributed by atoms with Gasteiger partial charge in [-0.2, -0.15) is 0 Å². The molecule has 0 fully saturated rings. The van der Waals surface area contributed by atoms with E-state index in [2.05, 4.69) is 35.1 Å². The normalized spacial score (nSPS) is 14.2. The summed E-state index contributed by atoms with van der Waals surface area (Å²) in [5.41, 5.74) is 11.1. The van der Waals surface area contributed by atoms with Gasteiger partial charge in [-0.15, -0.1) is 0 Å². The third-order valence-electron chi connectivity index (χ3n) is 3.12. The minimum atomic E-state index is 0.442. The molecule has 3 nitrogen and oxygen atoms in total. The van der Waals surface area contributed by atoms with Gasteiger partial charge in [0, 0.05) is 11.1 Å². The molecule has 0 amide bonds. The van der Waals surface area contributed by atoms with E-state index in [-0.39, 0.29) is 0 Å². The number of rotatable bonds is 1. The van der Waals surface area contributed by atoms with Crippen molar-refractivity contribution in [1.29, 1.82) is 0 Å². The average Bonchev–Trinajstić information content (AvgIpc) is 2.58. The van der Waals surface area contributed by atoms with E-state index in [1.54, 1.807) is 0 Å². The molecular formula is C16H15N3. The Bertz CT molecular complexity index is 670. The largest absolute Gasteiger partial charge is 0.386 e. The molecule has 0 aliphatic carbocycles. The maximum absolute atomic E-state index is 5.87. The second-order valence-corrected chi connectivity index (χ2v) is 4.65. The molecule has 3 rings (SSSR count). The molecule has 1 aliphatic rings. The van der Waals surface area contributed by atoms with E-state index < -0.39 is 0 Å². The van der Waals surface area contributed by atoms with Crippen LogP contribution in [0, 0.1) is 6.92 Å². The second kappa shape index (κ2) is 4.69. The molecule has 3 heteroatoms. The first-order valence-electron chi connectivity index (χ1n) is 6.28. The van der Waals surface area contributed by atoms with Crippen LogP contribution in [0.3, 0.4) is 0 Å². The van der Waals surface area contributed by atoms with Crippen molar-refractivity contribution in [2.45, 2.75) is 6.92 Å². The predicted molar refractivity (Wildman–Crippen MR) is 79.4 cm³/mol. The van der Waals surface area contributed by atoms with Gasteiger partial charge < -0.3 is 5.73 Å². The van der Waals surface area contributed by atoms with Crippen LogP contribution >= 0.6 is 0 Å². The highest BCUT2D eigenvalue weighted by atomic mass is 14.9. The molecule has 0 radical (unpaired) electrons. The maximum atomic E-state index is 5.87. The standard InChI is InChI=1S/C16H15N3/c1-11-7-8-14-13(9-11)16(18-10-15(17)19-14)12-5-3-2-4-6-12/h2-9H,10H2,1H3,(H2,17,19). The van der Waals surface area contributed by atoms with Gasteiger partial charge in [0.2, 0.25) is 0 Å². The predicted octanol–water partition coefficient (Wildman–Crippen LogP) is 2.83. The van der Waals surface area contributed by atoms with Crippen molar-refractivity contribution in [2.75, 3.05) is 6.54 Å². The third-order valence-corrected chi connectivity index (χ3v) is 3.12. The summed E-state index contributed by atoms with van der Waals surface area (Å²) < 4.78 is 0. The molecule has 0 saturated carbocycles. The molecule has 2 aromatic rings. The lowest BCUT2D eigenvalue weighted by atomic mass is 9.99. The lowest BCUT2D eigenvalue weighted by molar-refractivity contribution is 1.27. The van der Waals surface area contributed by atoms with Crippen LogP contribution in [0.15, 0.2) is 58.5 Å². The SMILES string of the molecule is Cc1ccc2c(c1)C(c1ccccc1)=NCC(N)=N2. The van der Waals surface area contributed by atoms with Crippen LogP contribution in [0.4, 0.5) is 5.69 Å². The van der Waals surface area contributed by atoms with Crippen molar-refractivity contribution >= 4 is 17.2 Å². The third kappa shape index (κ3) is 2.27. The Hall–Kier alpha value is -2.42. The number of fused-ring (bicyclic) bond motifs is 1. The van der Waals surface area contributed by atoms with Gasteiger partial charge in [0.15, 0.2) is 0 Å². The van der Waals surface area contributed by atoms with Crippen LogP contribution in [0.25, 0.3) is 0 Å². The van der Waals surface area contributed by atoms with Gasteiger partial charge >= 0.3 is 0 Å². The molecule has 0 saturated heterocycles. The first-order valence-corrected chi connectivity index (χ1v) is 6.28. The Morgan fingerprint density at radius 2 is 1.84 bits per heavy atom. The van der Waals surface area contributed by atoms with Gasteiger partial charge in [0.1, 0.15) is 5.84 Å². The van der Waals surface area contributed by atoms with Gasteiger partial charge in [0.25, 0.3) is 0 Å². The zero-order valence-corrected chi connectivity index (χ0v) is 10.8. The Kier molecular flexibility index (Phi) is 2.88. The maximum Gasteiger partial charge on any atom is 0.121 e. The topological polar surface area (TPSA) is 50.7 Å². The minimum absolute atomic E-state index is 0.442. The Morgan fingerprint density at radius 1 is 1.05 bits per heavy atom. The fraction of sp³-hybridized carbons (Fsp3) is 0.125. The van der Waals surface area contributed by atoms with Gasteiger partial charge in [-0.1, -0.05) is 42.0 Å². The van der Waals surface area contributed by atoms with Crippen LogP contribution in [0.2, 0.25) is 0 Å². The lowest BCUT2D eigenvalue weighted by Crippen LogP contribution is -2.14. The number of aryl methyl sites for hydroxylation is 1. The van der Waals surface area contributed by atoms with Crippen LogP contribution in [-0.2, 0) is 0 Å². The number of hydrogen-bond donors (Lipinski definition) is 1. The van der Waals surface area contributed by atoms with Crippen molar-refractivity contribution in [3.63, 3.8) is 0 Å². The summed E-state index contributed by atoms with van der Waals surface area (Å²) in [5, 5.41) is 0. The van der Waals surface area contributed by atoms with Gasteiger partial charge in [-0.3, -0.25) is 4.99 Å². The molecule has 94 valence electrons. The van der Waals surface area contributed by atoms with Crippen LogP contribution in [0.1, 0.15) is 16.7 Å². The Morgan fingerprint density at radius 3 is 2.63 bits per heavy atom. The van der Waals surface area contributed by atoms with E-state index in [4.69, 9.17) is 5.73 Å². The van der Waals surface area contributed by atoms with E-state index in [1.807, 2.05) is 30.3 Å². The van der Waals surface area contributed by atoms with Gasteiger partial charge in [0.05, 0.1) is 17.9 Å². The first kappa shape index (κ1) is 11.7. The summed E-state index contributed by atoms with van der Waals surface area (Å²) in [6, 6.07) is 16.3. The van der Waals surface area contributed by atoms with Gasteiger partial charge in [-0.05, 0) is 19.1 Å². The molecule has 1 aliphatic heterocycles. The number of nitrogens with two attached hydrogens (primary N) is 1. The Labute approximate surface area is 112 Å². The second-order valence-electron chi connectivity index (χ2n) is 4.65. The number of amidine groups is 1. The summed E-state index contributed by atoms with van der Waals surface area (Å²) in [5.74, 6) is 0.552. The summed E-state index contributed by atoms with van der Waals surface area (Å²) in [4.78, 5) is 9.05. The molecule has 0 unspecified atom stereocenters. The van der Waals surface area contributed by atoms with Crippen molar-refractivity contribution in [1.82, 2.24) is 0 Å². The number of nitrogens with zero attached hydrogens (tertiary/aromatic N) is 2. The van der Waals surface area contributed by atoms with Crippen molar-refractivity contribution in [3.8, 4) is 0 Å². The van der Waals surface area contributed by atoms with E-state index in [1.165, 1.54) is 5.56 Å². The highest BCUT2D eigenvalue weighted by molar-refractivity contribution is 6.17. The highest BCUT2D eigenvalue weighted by Crippen LogP contribution is 2.26. The summed E-state index contributed by atoms with van der Waals surface area (Å²) in [6.45, 7) is 2.51. The van der Waals surface area contributed by atoms with E-state index in [0.29, 0.717) is 12.4 Å². The molecule has 0 aromatic heterocycles. The number of benzene rings is 2. The smallest absolute Gasteiger partial charge is 0.121 e. The fourth-order valence-corrected chi connectivity index (χ4v) is 2.22. The van der Waals surface area contributed by atoms with Crippen molar-refractivity contribution in [3.05, 3.63) is 65.2 Å². The molecule has 0 bridgehead atoms. The average molecular weight is 249 g/mol. The van der Waals surface area contributed by atoms with Crippen molar-refractivity contribution < 1.29 is 0 Å². The van der Waals surface area contributed by atoms with Crippen LogP contribution < -0.4 is 5.73 Å². The molecule has 0 atom stereocenters. The first-order chi connectivity index (χ1) is 9.24. The van der Waals surface area contributed by atoms with Crippen LogP contribution in [0.5, 0.6) is 0 Å². The van der Waals surface area contributed by atoms with E-state index in [0.717, 1.165) is 22.5 Å². The van der Waals surface area contributed by atoms with Crippen LogP contribution in [-0.4, -0.2) is 18.1 Å². The molecule has 2 N–H and O–H groups in total. The Balaban J connectivity index is 2.21. The number of aliphatic imine (C=N–C) groups is 2. The highest BCUT2D eigenvalue weighted by Gasteiger charge is 2.14. The summed E-state index contributed by atoms with van der Waals surface area (Å²) >= 11 is 0. The molecular weight excluding hydrogens is 234 g/mol. The van der Waals surface area contributed by atoms with Crippen molar-refractivity contribution in [2.24, 2.45) is 15.7 Å². The van der Waals surface area contributed by atoms with E-state index >= 15 is 0 Å². The zero-order valence-electron chi connectivity index (χ0n) is 10.8. The molecule has 0 spiro atoms. The molecule has 19 heavy (non-hydrogen) atoms. The van der Waals surface area contributed by atoms with E-state index in [9.17, 15) is 0 Å². The lowest BCUT2D eigenvalue weighted by Gasteiger charge is -2.09. The summed E-state index contributed by atoms with van der Waals surface area (Å²) in [6.07, 6.45) is 0. The molecule has 2 aromatic carbocycles. The minimum Gasteiger partial charge on any atom is -0.386 e. The summed E-state index contributed by atoms with van der Waals surface area (Å²) in [7, 11) is 0. The quantitative estimate of drug-likeness (QED) is 0.830. The zero-order chi connectivity index (χ0) is 13.2. The van der Waals surface area contributed by atoms with Gasteiger partial charge in [-0.25, -0.2) is 4.99 Å². The fourth-order valence-electron chi connectivity index (χ4n) is 2.22. The monoisotopic (exact) mass is 249 g/mol. The molecule has 1 heterocycles. The number of hydrogen-bond acceptors (Lipinski definition) is 3.